The van der Waals surface area contributed by atoms with E-state index in [2.05, 4.69) is 34.1 Å². The second-order valence-corrected chi connectivity index (χ2v) is 4.40. The molecule has 0 unspecified atom stereocenters. The summed E-state index contributed by atoms with van der Waals surface area (Å²) in [6.07, 6.45) is 3.15. The Labute approximate surface area is 108 Å². The summed E-state index contributed by atoms with van der Waals surface area (Å²) < 4.78 is 5.25. The number of hydrogen-bond acceptors (Lipinski definition) is 4. The average Bonchev–Trinajstić information content (AvgIpc) is 2.85. The van der Waals surface area contributed by atoms with Gasteiger partial charge in [-0.1, -0.05) is 36.7 Å². The van der Waals surface area contributed by atoms with Crippen molar-refractivity contribution in [3.05, 3.63) is 42.0 Å². The Kier molecular flexibility index (Phi) is 4.34. The van der Waals surface area contributed by atoms with Gasteiger partial charge >= 0.3 is 0 Å². The van der Waals surface area contributed by atoms with Crippen LogP contribution in [0.3, 0.4) is 0 Å². The highest BCUT2D eigenvalue weighted by atomic mass is 16.5. The maximum Gasteiger partial charge on any atom is 0.246 e. The first-order valence-corrected chi connectivity index (χ1v) is 6.37. The summed E-state index contributed by atoms with van der Waals surface area (Å²) in [6.45, 7) is 2.80. The minimum atomic E-state index is 0.642. The van der Waals surface area contributed by atoms with Gasteiger partial charge in [0.2, 0.25) is 5.89 Å². The Morgan fingerprint density at radius 3 is 2.72 bits per heavy atom. The van der Waals surface area contributed by atoms with E-state index < -0.39 is 0 Å². The smallest absolute Gasteiger partial charge is 0.246 e. The Bertz CT molecular complexity index is 467. The second-order valence-electron chi connectivity index (χ2n) is 4.40. The van der Waals surface area contributed by atoms with Crippen molar-refractivity contribution in [1.82, 2.24) is 10.1 Å². The van der Waals surface area contributed by atoms with Crippen LogP contribution in [0.4, 0.5) is 5.69 Å². The molecule has 0 amide bonds. The Hall–Kier alpha value is -1.84. The molecule has 0 spiro atoms. The lowest BCUT2D eigenvalue weighted by Gasteiger charge is -2.16. The molecule has 2 rings (SSSR count). The van der Waals surface area contributed by atoms with Crippen molar-refractivity contribution in [3.8, 4) is 0 Å². The normalized spacial score (nSPS) is 10.6. The van der Waals surface area contributed by atoms with Crippen LogP contribution in [0.1, 0.15) is 31.5 Å². The van der Waals surface area contributed by atoms with Crippen LogP contribution in [0.15, 0.2) is 34.9 Å². The molecule has 1 aromatic carbocycles. The zero-order valence-corrected chi connectivity index (χ0v) is 11.0. The van der Waals surface area contributed by atoms with Crippen LogP contribution < -0.4 is 4.90 Å². The lowest BCUT2D eigenvalue weighted by molar-refractivity contribution is 0.372. The highest BCUT2D eigenvalue weighted by Crippen LogP contribution is 2.14. The monoisotopic (exact) mass is 245 g/mol. The summed E-state index contributed by atoms with van der Waals surface area (Å²) in [6, 6.07) is 10.2. The Balaban J connectivity index is 1.95. The molecule has 0 saturated heterocycles. The molecule has 0 fully saturated rings. The molecular formula is C14H19N3O. The first-order valence-electron chi connectivity index (χ1n) is 6.37. The van der Waals surface area contributed by atoms with Crippen molar-refractivity contribution in [2.24, 2.45) is 0 Å². The van der Waals surface area contributed by atoms with E-state index in [1.54, 1.807) is 0 Å². The molecule has 0 aliphatic heterocycles. The molecule has 0 saturated carbocycles. The molecule has 4 heteroatoms. The molecule has 18 heavy (non-hydrogen) atoms. The van der Waals surface area contributed by atoms with E-state index >= 15 is 0 Å². The first kappa shape index (κ1) is 12.6. The van der Waals surface area contributed by atoms with Crippen molar-refractivity contribution in [3.63, 3.8) is 0 Å². The maximum atomic E-state index is 5.25. The van der Waals surface area contributed by atoms with Crippen molar-refractivity contribution in [2.75, 3.05) is 11.9 Å². The van der Waals surface area contributed by atoms with Gasteiger partial charge in [-0.25, -0.2) is 0 Å². The summed E-state index contributed by atoms with van der Waals surface area (Å²) in [5.74, 6) is 1.49. The van der Waals surface area contributed by atoms with Crippen molar-refractivity contribution >= 4 is 5.69 Å². The fraction of sp³-hybridized carbons (Fsp3) is 0.429. The van der Waals surface area contributed by atoms with Crippen LogP contribution >= 0.6 is 0 Å². The highest BCUT2D eigenvalue weighted by Gasteiger charge is 2.09. The topological polar surface area (TPSA) is 42.2 Å². The molecule has 0 aliphatic carbocycles. The van der Waals surface area contributed by atoms with Crippen LogP contribution in [0.25, 0.3) is 0 Å². The van der Waals surface area contributed by atoms with Gasteiger partial charge in [-0.15, -0.1) is 0 Å². The Morgan fingerprint density at radius 2 is 2.00 bits per heavy atom. The summed E-state index contributed by atoms with van der Waals surface area (Å²) in [4.78, 5) is 6.49. The van der Waals surface area contributed by atoms with Crippen LogP contribution in [-0.2, 0) is 13.0 Å². The number of hydrogen-bond donors (Lipinski definition) is 0. The largest absolute Gasteiger partial charge is 0.365 e. The molecule has 0 aliphatic rings. The standard InChI is InChI=1S/C14H19N3O/c1-3-4-10-13-15-14(18-16-13)11-17(2)12-8-6-5-7-9-12/h5-9H,3-4,10-11H2,1-2H3. The van der Waals surface area contributed by atoms with Crippen molar-refractivity contribution in [1.29, 1.82) is 0 Å². The highest BCUT2D eigenvalue weighted by molar-refractivity contribution is 5.44. The number of aromatic nitrogens is 2. The molecular weight excluding hydrogens is 226 g/mol. The van der Waals surface area contributed by atoms with Crippen molar-refractivity contribution in [2.45, 2.75) is 32.7 Å². The van der Waals surface area contributed by atoms with Crippen molar-refractivity contribution < 1.29 is 4.52 Å². The quantitative estimate of drug-likeness (QED) is 0.784. The number of para-hydroxylation sites is 1. The molecule has 0 radical (unpaired) electrons. The second kappa shape index (κ2) is 6.19. The van der Waals surface area contributed by atoms with Crippen LogP contribution in [0, 0.1) is 0 Å². The van der Waals surface area contributed by atoms with Crippen LogP contribution in [0.2, 0.25) is 0 Å². The van der Waals surface area contributed by atoms with Gasteiger partial charge < -0.3 is 9.42 Å². The third kappa shape index (κ3) is 3.32. The molecule has 1 aromatic heterocycles. The average molecular weight is 245 g/mol. The zero-order chi connectivity index (χ0) is 12.8. The van der Waals surface area contributed by atoms with Gasteiger partial charge in [0, 0.05) is 19.2 Å². The molecule has 96 valence electrons. The van der Waals surface area contributed by atoms with E-state index in [1.165, 1.54) is 0 Å². The molecule has 0 atom stereocenters. The summed E-state index contributed by atoms with van der Waals surface area (Å²) >= 11 is 0. The summed E-state index contributed by atoms with van der Waals surface area (Å²) in [5, 5.41) is 3.99. The van der Waals surface area contributed by atoms with E-state index in [0.717, 1.165) is 30.8 Å². The fourth-order valence-electron chi connectivity index (χ4n) is 1.77. The molecule has 2 aromatic rings. The van der Waals surface area contributed by atoms with E-state index in [1.807, 2.05) is 25.2 Å². The van der Waals surface area contributed by atoms with Gasteiger partial charge in [0.25, 0.3) is 0 Å². The van der Waals surface area contributed by atoms with E-state index in [-0.39, 0.29) is 0 Å². The predicted molar refractivity (Wildman–Crippen MR) is 71.5 cm³/mol. The van der Waals surface area contributed by atoms with Crippen LogP contribution in [-0.4, -0.2) is 17.2 Å². The molecule has 1 heterocycles. The number of unbranched alkanes of at least 4 members (excludes halogenated alkanes) is 1. The van der Waals surface area contributed by atoms with E-state index in [0.29, 0.717) is 12.4 Å². The van der Waals surface area contributed by atoms with Gasteiger partial charge in [-0.05, 0) is 18.6 Å². The summed E-state index contributed by atoms with van der Waals surface area (Å²) in [7, 11) is 2.02. The number of benzene rings is 1. The fourth-order valence-corrected chi connectivity index (χ4v) is 1.77. The molecule has 0 N–H and O–H groups in total. The van der Waals surface area contributed by atoms with E-state index in [9.17, 15) is 0 Å². The third-order valence-corrected chi connectivity index (χ3v) is 2.83. The lowest BCUT2D eigenvalue weighted by Crippen LogP contribution is -2.16. The van der Waals surface area contributed by atoms with Gasteiger partial charge in [-0.3, -0.25) is 0 Å². The number of anilines is 1. The van der Waals surface area contributed by atoms with Gasteiger partial charge in [0.05, 0.1) is 6.54 Å². The van der Waals surface area contributed by atoms with Gasteiger partial charge in [0.1, 0.15) is 0 Å². The van der Waals surface area contributed by atoms with Gasteiger partial charge in [0.15, 0.2) is 5.82 Å². The number of nitrogens with zero attached hydrogens (tertiary/aromatic N) is 3. The maximum absolute atomic E-state index is 5.25. The number of aryl methyl sites for hydroxylation is 1. The molecule has 0 bridgehead atoms. The first-order chi connectivity index (χ1) is 8.79. The third-order valence-electron chi connectivity index (χ3n) is 2.83. The van der Waals surface area contributed by atoms with Crippen LogP contribution in [0.5, 0.6) is 0 Å². The van der Waals surface area contributed by atoms with E-state index in [4.69, 9.17) is 4.52 Å². The number of rotatable bonds is 6. The lowest BCUT2D eigenvalue weighted by atomic mass is 10.2. The SMILES string of the molecule is CCCCc1noc(CN(C)c2ccccc2)n1. The molecule has 4 nitrogen and oxygen atoms in total. The Morgan fingerprint density at radius 1 is 1.22 bits per heavy atom. The summed E-state index contributed by atoms with van der Waals surface area (Å²) in [5.41, 5.74) is 1.14. The minimum absolute atomic E-state index is 0.642. The minimum Gasteiger partial charge on any atom is -0.365 e. The predicted octanol–water partition coefficient (Wildman–Crippen LogP) is 3.05. The zero-order valence-electron chi connectivity index (χ0n) is 11.0. The van der Waals surface area contributed by atoms with Gasteiger partial charge in [-0.2, -0.15) is 4.98 Å².